The van der Waals surface area contributed by atoms with Crippen molar-refractivity contribution in [2.24, 2.45) is 0 Å². The fourth-order valence-corrected chi connectivity index (χ4v) is 3.35. The van der Waals surface area contributed by atoms with Gasteiger partial charge in [-0.15, -0.1) is 13.2 Å². The van der Waals surface area contributed by atoms with Crippen molar-refractivity contribution in [2.75, 3.05) is 0 Å². The summed E-state index contributed by atoms with van der Waals surface area (Å²) < 4.78 is 48.2. The minimum Gasteiger partial charge on any atom is -0.372 e. The largest absolute Gasteiger partial charge is 0.522 e. The Kier molecular flexibility index (Phi) is 4.85. The Hall–Kier alpha value is -1.72. The molecule has 0 bridgehead atoms. The molecule has 7 nitrogen and oxygen atoms in total. The first-order valence-corrected chi connectivity index (χ1v) is 9.28. The molecule has 2 fully saturated rings. The average Bonchev–Trinajstić information content (AvgIpc) is 3.33. The van der Waals surface area contributed by atoms with Gasteiger partial charge in [0.25, 0.3) is 5.91 Å². The first-order chi connectivity index (χ1) is 12.8. The van der Waals surface area contributed by atoms with Gasteiger partial charge in [-0.3, -0.25) is 9.53 Å². The van der Waals surface area contributed by atoms with Crippen molar-refractivity contribution in [1.29, 1.82) is 0 Å². The molecule has 0 aliphatic heterocycles. The van der Waals surface area contributed by atoms with Gasteiger partial charge in [-0.05, 0) is 47.7 Å². The van der Waals surface area contributed by atoms with E-state index in [0.29, 0.717) is 22.4 Å². The highest BCUT2D eigenvalue weighted by Gasteiger charge is 2.40. The lowest BCUT2D eigenvalue weighted by Gasteiger charge is -2.35. The second kappa shape index (κ2) is 7.02. The topological polar surface area (TPSA) is 77.8 Å². The number of amides is 1. The number of rotatable bonds is 6. The van der Waals surface area contributed by atoms with E-state index in [2.05, 4.69) is 36.1 Å². The summed E-state index contributed by atoms with van der Waals surface area (Å²) in [5.74, 6) is -0.428. The maximum absolute atomic E-state index is 12.5. The third kappa shape index (κ3) is 4.25. The van der Waals surface area contributed by atoms with Gasteiger partial charge in [-0.2, -0.15) is 5.10 Å². The van der Waals surface area contributed by atoms with Gasteiger partial charge in [0.2, 0.25) is 0 Å². The second-order valence-corrected chi connectivity index (χ2v) is 7.46. The van der Waals surface area contributed by atoms with E-state index < -0.39 is 18.4 Å². The summed E-state index contributed by atoms with van der Waals surface area (Å²) >= 11 is 3.44. The molecular formula is C16H16BrF3N4O3. The average molecular weight is 449 g/mol. The maximum Gasteiger partial charge on any atom is 0.522 e. The zero-order valence-corrected chi connectivity index (χ0v) is 15.6. The summed E-state index contributed by atoms with van der Waals surface area (Å²) in [5, 5.41) is 7.10. The number of alkyl halides is 3. The molecule has 0 aromatic carbocycles. The van der Waals surface area contributed by atoms with Crippen molar-refractivity contribution in [3.8, 4) is 0 Å². The van der Waals surface area contributed by atoms with Crippen LogP contribution in [0.25, 0.3) is 5.65 Å². The molecule has 11 heteroatoms. The first-order valence-electron chi connectivity index (χ1n) is 8.49. The van der Waals surface area contributed by atoms with Crippen molar-refractivity contribution in [3.05, 3.63) is 28.1 Å². The Balaban J connectivity index is 1.43. The molecule has 0 unspecified atom stereocenters. The molecule has 4 rings (SSSR count). The molecule has 0 saturated heterocycles. The Labute approximate surface area is 160 Å². The van der Waals surface area contributed by atoms with Crippen molar-refractivity contribution in [2.45, 2.75) is 56.9 Å². The van der Waals surface area contributed by atoms with Crippen molar-refractivity contribution in [1.82, 2.24) is 19.9 Å². The molecule has 1 amide bonds. The third-order valence-corrected chi connectivity index (χ3v) is 5.28. The van der Waals surface area contributed by atoms with Gasteiger partial charge in [0.15, 0.2) is 5.65 Å². The molecule has 0 spiro atoms. The lowest BCUT2D eigenvalue weighted by atomic mass is 9.89. The zero-order chi connectivity index (χ0) is 19.2. The molecule has 2 aromatic heterocycles. The number of carbonyl (C=O) groups is 1. The highest BCUT2D eigenvalue weighted by molar-refractivity contribution is 9.10. The van der Waals surface area contributed by atoms with Crippen LogP contribution in [0.3, 0.4) is 0 Å². The van der Waals surface area contributed by atoms with E-state index in [1.807, 2.05) is 0 Å². The molecule has 146 valence electrons. The molecular weight excluding hydrogens is 433 g/mol. The number of halogens is 4. The van der Waals surface area contributed by atoms with Crippen LogP contribution >= 0.6 is 15.9 Å². The Morgan fingerprint density at radius 3 is 2.74 bits per heavy atom. The van der Waals surface area contributed by atoms with Crippen LogP contribution in [0.2, 0.25) is 0 Å². The number of aromatic nitrogens is 3. The van der Waals surface area contributed by atoms with Gasteiger partial charge < -0.3 is 10.1 Å². The monoisotopic (exact) mass is 448 g/mol. The lowest BCUT2D eigenvalue weighted by Crippen LogP contribution is -2.49. The molecule has 2 aromatic rings. The molecule has 1 N–H and O–H groups in total. The highest BCUT2D eigenvalue weighted by atomic mass is 79.9. The summed E-state index contributed by atoms with van der Waals surface area (Å²) in [6, 6.07) is 1.14. The van der Waals surface area contributed by atoms with Gasteiger partial charge in [0.05, 0.1) is 23.3 Å². The van der Waals surface area contributed by atoms with Crippen molar-refractivity contribution >= 4 is 27.5 Å². The van der Waals surface area contributed by atoms with Gasteiger partial charge in [-0.25, -0.2) is 9.50 Å². The summed E-state index contributed by atoms with van der Waals surface area (Å²) in [7, 11) is 0. The van der Waals surface area contributed by atoms with Crippen LogP contribution in [-0.4, -0.2) is 45.1 Å². The molecule has 0 atom stereocenters. The normalized spacial score (nSPS) is 22.7. The van der Waals surface area contributed by atoms with Gasteiger partial charge in [0.1, 0.15) is 11.4 Å². The molecule has 2 saturated carbocycles. The van der Waals surface area contributed by atoms with Crippen LogP contribution in [-0.2, 0) is 16.1 Å². The number of ether oxygens (including phenoxy) is 2. The first kappa shape index (κ1) is 18.6. The predicted molar refractivity (Wildman–Crippen MR) is 89.9 cm³/mol. The van der Waals surface area contributed by atoms with Gasteiger partial charge >= 0.3 is 6.36 Å². The molecule has 2 aliphatic carbocycles. The number of carbonyl (C=O) groups excluding carboxylic acids is 1. The van der Waals surface area contributed by atoms with E-state index in [1.54, 1.807) is 0 Å². The SMILES string of the molecule is O=C(N[C@H]1C[C@@H](OC(F)(F)F)C1)c1ccnc2c(Br)c(COC3CC3)nn12. The summed E-state index contributed by atoms with van der Waals surface area (Å²) in [5.41, 5.74) is 1.36. The van der Waals surface area contributed by atoms with Crippen molar-refractivity contribution < 1.29 is 27.4 Å². The number of hydrogen-bond acceptors (Lipinski definition) is 5. The zero-order valence-electron chi connectivity index (χ0n) is 14.0. The smallest absolute Gasteiger partial charge is 0.372 e. The fourth-order valence-electron chi connectivity index (χ4n) is 2.89. The fraction of sp³-hybridized carbons (Fsp3) is 0.562. The van der Waals surface area contributed by atoms with Crippen LogP contribution in [0, 0.1) is 0 Å². The van der Waals surface area contributed by atoms with E-state index in [9.17, 15) is 18.0 Å². The van der Waals surface area contributed by atoms with Crippen LogP contribution in [0.15, 0.2) is 16.7 Å². The van der Waals surface area contributed by atoms with Gasteiger partial charge in [0, 0.05) is 12.2 Å². The molecule has 2 aliphatic rings. The quantitative estimate of drug-likeness (QED) is 0.734. The minimum atomic E-state index is -4.66. The van der Waals surface area contributed by atoms with E-state index in [4.69, 9.17) is 4.74 Å². The molecule has 0 radical (unpaired) electrons. The Morgan fingerprint density at radius 2 is 2.07 bits per heavy atom. The summed E-state index contributed by atoms with van der Waals surface area (Å²) in [6.45, 7) is 0.314. The number of hydrogen-bond donors (Lipinski definition) is 1. The molecule has 27 heavy (non-hydrogen) atoms. The van der Waals surface area contributed by atoms with Crippen LogP contribution in [0.5, 0.6) is 0 Å². The lowest BCUT2D eigenvalue weighted by molar-refractivity contribution is -0.351. The van der Waals surface area contributed by atoms with E-state index in [0.717, 1.165) is 12.8 Å². The van der Waals surface area contributed by atoms with E-state index in [-0.39, 0.29) is 30.7 Å². The highest BCUT2D eigenvalue weighted by Crippen LogP contribution is 2.31. The Morgan fingerprint density at radius 1 is 1.33 bits per heavy atom. The van der Waals surface area contributed by atoms with Crippen LogP contribution in [0.4, 0.5) is 13.2 Å². The molecule has 2 heterocycles. The summed E-state index contributed by atoms with van der Waals surface area (Å²) in [6.07, 6.45) is -1.52. The summed E-state index contributed by atoms with van der Waals surface area (Å²) in [4.78, 5) is 16.8. The van der Waals surface area contributed by atoms with Crippen molar-refractivity contribution in [3.63, 3.8) is 0 Å². The van der Waals surface area contributed by atoms with E-state index >= 15 is 0 Å². The van der Waals surface area contributed by atoms with E-state index in [1.165, 1.54) is 16.8 Å². The van der Waals surface area contributed by atoms with Crippen LogP contribution in [0.1, 0.15) is 41.9 Å². The second-order valence-electron chi connectivity index (χ2n) is 6.66. The van der Waals surface area contributed by atoms with Gasteiger partial charge in [-0.1, -0.05) is 0 Å². The van der Waals surface area contributed by atoms with Crippen LogP contribution < -0.4 is 5.32 Å². The number of fused-ring (bicyclic) bond motifs is 1. The number of nitrogens with one attached hydrogen (secondary N) is 1. The number of nitrogens with zero attached hydrogens (tertiary/aromatic N) is 3. The third-order valence-electron chi connectivity index (χ3n) is 4.47. The standard InChI is InChI=1S/C16H16BrF3N4O3/c17-13-11(7-26-9-1-2-9)23-24-12(3-4-21-14(13)24)15(25)22-8-5-10(6-8)27-16(18,19)20/h3-4,8-10H,1-2,5-7H2,(H,22,25)/t8-,10+. The predicted octanol–water partition coefficient (Wildman–Crippen LogP) is 2.97. The Bertz CT molecular complexity index is 862. The minimum absolute atomic E-state index is 0.114. The maximum atomic E-state index is 12.5.